The molecule has 0 saturated heterocycles. The molecule has 0 radical (unpaired) electrons. The summed E-state index contributed by atoms with van der Waals surface area (Å²) < 4.78 is 31.1. The number of benzene rings is 2. The van der Waals surface area contributed by atoms with Crippen molar-refractivity contribution in [3.8, 4) is 5.69 Å². The molecule has 1 aliphatic heterocycles. The lowest BCUT2D eigenvalue weighted by Crippen LogP contribution is -2.45. The number of nitrogens with zero attached hydrogens (tertiary/aromatic N) is 5. The molecule has 2 aromatic carbocycles. The maximum atomic E-state index is 13.2. The summed E-state index contributed by atoms with van der Waals surface area (Å²) in [6.07, 6.45) is 3.85. The zero-order chi connectivity index (χ0) is 19.7. The largest absolute Gasteiger partial charge is 0.282 e. The van der Waals surface area contributed by atoms with Crippen molar-refractivity contribution >= 4 is 10.2 Å². The summed E-state index contributed by atoms with van der Waals surface area (Å²) >= 11 is 0. The molecule has 7 nitrogen and oxygen atoms in total. The third-order valence-corrected chi connectivity index (χ3v) is 7.40. The summed E-state index contributed by atoms with van der Waals surface area (Å²) in [4.78, 5) is 3.94. The maximum Gasteiger partial charge on any atom is 0.282 e. The fraction of sp³-hybridized carbons (Fsp3) is 0.300. The Kier molecular flexibility index (Phi) is 5.01. The Bertz CT molecular complexity index is 1050. The Labute approximate surface area is 165 Å². The van der Waals surface area contributed by atoms with Gasteiger partial charge in [-0.25, -0.2) is 9.67 Å². The van der Waals surface area contributed by atoms with Crippen LogP contribution in [0.1, 0.15) is 29.7 Å². The van der Waals surface area contributed by atoms with Gasteiger partial charge in [0.15, 0.2) is 0 Å². The van der Waals surface area contributed by atoms with E-state index >= 15 is 0 Å². The number of hydrogen-bond donors (Lipinski definition) is 0. The molecule has 28 heavy (non-hydrogen) atoms. The monoisotopic (exact) mass is 397 g/mol. The molecule has 1 aliphatic rings. The zero-order valence-electron chi connectivity index (χ0n) is 15.9. The number of fused-ring (bicyclic) bond motifs is 1. The fourth-order valence-corrected chi connectivity index (χ4v) is 5.02. The number of rotatable bonds is 5. The molecule has 1 atom stereocenters. The second kappa shape index (κ2) is 7.46. The summed E-state index contributed by atoms with van der Waals surface area (Å²) in [5.74, 6) is 0. The first kappa shape index (κ1) is 18.8. The Balaban J connectivity index is 1.52. The molecular formula is C20H23N5O2S. The highest BCUT2D eigenvalue weighted by atomic mass is 32.2. The highest BCUT2D eigenvalue weighted by molar-refractivity contribution is 7.86. The summed E-state index contributed by atoms with van der Waals surface area (Å²) in [5, 5.41) is 4.11. The summed E-state index contributed by atoms with van der Waals surface area (Å²) in [6.45, 7) is 2.82. The van der Waals surface area contributed by atoms with Crippen LogP contribution in [0.25, 0.3) is 5.69 Å². The van der Waals surface area contributed by atoms with E-state index in [9.17, 15) is 8.42 Å². The quantitative estimate of drug-likeness (QED) is 0.663. The molecule has 2 heterocycles. The van der Waals surface area contributed by atoms with Crippen LogP contribution < -0.4 is 0 Å². The summed E-state index contributed by atoms with van der Waals surface area (Å²) in [6, 6.07) is 15.4. The Morgan fingerprint density at radius 1 is 1.07 bits per heavy atom. The van der Waals surface area contributed by atoms with Gasteiger partial charge >= 0.3 is 0 Å². The van der Waals surface area contributed by atoms with Gasteiger partial charge in [-0.3, -0.25) is 0 Å². The van der Waals surface area contributed by atoms with E-state index in [-0.39, 0.29) is 6.04 Å². The van der Waals surface area contributed by atoms with Crippen LogP contribution in [0.15, 0.2) is 61.2 Å². The predicted molar refractivity (Wildman–Crippen MR) is 107 cm³/mol. The van der Waals surface area contributed by atoms with Crippen LogP contribution in [0, 0.1) is 0 Å². The van der Waals surface area contributed by atoms with E-state index < -0.39 is 10.2 Å². The van der Waals surface area contributed by atoms with Gasteiger partial charge in [-0.2, -0.15) is 22.1 Å². The first-order chi connectivity index (χ1) is 13.5. The lowest BCUT2D eigenvalue weighted by Gasteiger charge is -2.34. The molecule has 0 spiro atoms. The van der Waals surface area contributed by atoms with Crippen molar-refractivity contribution in [1.29, 1.82) is 0 Å². The van der Waals surface area contributed by atoms with Crippen LogP contribution in [0.4, 0.5) is 0 Å². The van der Waals surface area contributed by atoms with Crippen LogP contribution in [0.5, 0.6) is 0 Å². The first-order valence-corrected chi connectivity index (χ1v) is 10.6. The van der Waals surface area contributed by atoms with E-state index in [1.54, 1.807) is 22.4 Å². The van der Waals surface area contributed by atoms with Gasteiger partial charge in [-0.05, 0) is 42.2 Å². The summed E-state index contributed by atoms with van der Waals surface area (Å²) in [5.41, 5.74) is 4.11. The molecule has 0 bridgehead atoms. The van der Waals surface area contributed by atoms with Crippen molar-refractivity contribution < 1.29 is 8.42 Å². The number of aromatic nitrogens is 3. The molecule has 0 N–H and O–H groups in total. The van der Waals surface area contributed by atoms with E-state index in [1.807, 2.05) is 49.4 Å². The SMILES string of the molecule is C[C@@H](c1ccc(-n2cncn2)cc1)N(C)S(=O)(=O)N1CCc2ccccc2C1. The van der Waals surface area contributed by atoms with Crippen molar-refractivity contribution in [3.63, 3.8) is 0 Å². The Morgan fingerprint density at radius 2 is 1.79 bits per heavy atom. The lowest BCUT2D eigenvalue weighted by molar-refractivity contribution is 0.317. The zero-order valence-corrected chi connectivity index (χ0v) is 16.7. The molecule has 0 aliphatic carbocycles. The van der Waals surface area contributed by atoms with Gasteiger partial charge in [-0.1, -0.05) is 36.4 Å². The highest BCUT2D eigenvalue weighted by Crippen LogP contribution is 2.27. The molecule has 8 heteroatoms. The molecular weight excluding hydrogens is 374 g/mol. The summed E-state index contributed by atoms with van der Waals surface area (Å²) in [7, 11) is -1.92. The molecule has 1 aromatic heterocycles. The molecule has 4 rings (SSSR count). The molecule has 0 fully saturated rings. The third kappa shape index (κ3) is 3.46. The standard InChI is InChI=1S/C20H23N5O2S/c1-16(17-7-9-20(10-8-17)25-15-21-14-22-25)23(2)28(26,27)24-12-11-18-5-3-4-6-19(18)13-24/h3-10,14-16H,11-13H2,1-2H3/t16-/m0/s1. The average molecular weight is 398 g/mol. The first-order valence-electron chi connectivity index (χ1n) is 9.21. The lowest BCUT2D eigenvalue weighted by atomic mass is 10.0. The van der Waals surface area contributed by atoms with Crippen LogP contribution in [0.2, 0.25) is 0 Å². The predicted octanol–water partition coefficient (Wildman–Crippen LogP) is 2.56. The maximum absolute atomic E-state index is 13.2. The number of hydrogen-bond acceptors (Lipinski definition) is 4. The van der Waals surface area contributed by atoms with Crippen molar-refractivity contribution in [2.75, 3.05) is 13.6 Å². The van der Waals surface area contributed by atoms with E-state index in [1.165, 1.54) is 16.2 Å². The van der Waals surface area contributed by atoms with Crippen LogP contribution in [-0.4, -0.2) is 45.4 Å². The minimum Gasteiger partial charge on any atom is -0.223 e. The smallest absolute Gasteiger partial charge is 0.223 e. The second-order valence-electron chi connectivity index (χ2n) is 6.98. The Hall–Kier alpha value is -2.55. The fourth-order valence-electron chi connectivity index (χ4n) is 3.51. The molecule has 0 unspecified atom stereocenters. The average Bonchev–Trinajstić information content (AvgIpc) is 3.27. The molecule has 0 saturated carbocycles. The second-order valence-corrected chi connectivity index (χ2v) is 8.97. The van der Waals surface area contributed by atoms with E-state index in [2.05, 4.69) is 16.1 Å². The van der Waals surface area contributed by atoms with Crippen LogP contribution in [-0.2, 0) is 23.2 Å². The van der Waals surface area contributed by atoms with Gasteiger partial charge in [0.25, 0.3) is 10.2 Å². The van der Waals surface area contributed by atoms with Gasteiger partial charge in [0.05, 0.1) is 5.69 Å². The molecule has 146 valence electrons. The van der Waals surface area contributed by atoms with Gasteiger partial charge in [0.1, 0.15) is 12.7 Å². The molecule has 0 amide bonds. The van der Waals surface area contributed by atoms with Gasteiger partial charge in [0, 0.05) is 26.2 Å². The van der Waals surface area contributed by atoms with E-state index in [0.717, 1.165) is 23.2 Å². The van der Waals surface area contributed by atoms with Crippen molar-refractivity contribution in [2.24, 2.45) is 0 Å². The van der Waals surface area contributed by atoms with Gasteiger partial charge in [-0.15, -0.1) is 0 Å². The van der Waals surface area contributed by atoms with Gasteiger partial charge in [0.2, 0.25) is 0 Å². The topological polar surface area (TPSA) is 71.3 Å². The van der Waals surface area contributed by atoms with Crippen molar-refractivity contribution in [2.45, 2.75) is 25.9 Å². The van der Waals surface area contributed by atoms with Crippen LogP contribution >= 0.6 is 0 Å². The highest BCUT2D eigenvalue weighted by Gasteiger charge is 2.33. The molecule has 3 aromatic rings. The van der Waals surface area contributed by atoms with Crippen LogP contribution in [0.3, 0.4) is 0 Å². The minimum absolute atomic E-state index is 0.285. The van der Waals surface area contributed by atoms with Gasteiger partial charge < -0.3 is 0 Å². The minimum atomic E-state index is -3.57. The normalized spacial score (nSPS) is 16.1. The van der Waals surface area contributed by atoms with E-state index in [0.29, 0.717) is 13.1 Å². The third-order valence-electron chi connectivity index (χ3n) is 5.39. The Morgan fingerprint density at radius 3 is 2.46 bits per heavy atom. The van der Waals surface area contributed by atoms with Crippen molar-refractivity contribution in [1.82, 2.24) is 23.4 Å². The van der Waals surface area contributed by atoms with E-state index in [4.69, 9.17) is 0 Å². The van der Waals surface area contributed by atoms with Crippen molar-refractivity contribution in [3.05, 3.63) is 77.9 Å².